The van der Waals surface area contributed by atoms with Crippen molar-refractivity contribution in [2.75, 3.05) is 0 Å². The third kappa shape index (κ3) is 8.83. The van der Waals surface area contributed by atoms with Gasteiger partial charge in [0.15, 0.2) is 17.4 Å². The first-order chi connectivity index (χ1) is 1.00. The van der Waals surface area contributed by atoms with Gasteiger partial charge in [-0.2, -0.15) is 0 Å². The van der Waals surface area contributed by atoms with Crippen molar-refractivity contribution >= 4 is 22.0 Å². The summed E-state index contributed by atoms with van der Waals surface area (Å²) in [7, 11) is 0. The summed E-state index contributed by atoms with van der Waals surface area (Å²) in [4.78, 5) is 0. The molecule has 0 aromatic heterocycles. The zero-order chi connectivity index (χ0) is 2.00. The van der Waals surface area contributed by atoms with Gasteiger partial charge in [0.1, 0.15) is 0 Å². The standard InChI is InChI=1S/Al.Ce.H3Si.Zn.3H/h;;1H3;;;;. The first-order valence-corrected chi connectivity index (χ1v) is 10.9. The number of rotatable bonds is 0. The molecule has 0 fully saturated rings. The molecule has 4 heteroatoms. The van der Waals surface area contributed by atoms with Crippen LogP contribution in [0.25, 0.3) is 0 Å². The first-order valence-electron chi connectivity index (χ1n) is 0.500. The van der Waals surface area contributed by atoms with Crippen LogP contribution in [0.15, 0.2) is 0 Å². The third-order valence-corrected chi connectivity index (χ3v) is 0. The fourth-order valence-corrected chi connectivity index (χ4v) is 0. The molecule has 0 N–H and O–H groups in total. The maximum absolute atomic E-state index is 1.44. The Hall–Kier alpha value is 2.75. The summed E-state index contributed by atoms with van der Waals surface area (Å²) in [6.07, 6.45) is 0. The van der Waals surface area contributed by atoms with Crippen molar-refractivity contribution in [1.82, 2.24) is 0 Å². The second-order valence-corrected chi connectivity index (χ2v) is 0. The Morgan fingerprint density at radius 1 is 1.25 bits per heavy atom. The second kappa shape index (κ2) is 17.2. The van der Waals surface area contributed by atoms with Crippen LogP contribution in [0.5, 0.6) is 0 Å². The van der Waals surface area contributed by atoms with Gasteiger partial charge in [-0.1, -0.05) is 0 Å². The molecule has 0 rings (SSSR count). The van der Waals surface area contributed by atoms with Crippen LogP contribution >= 0.6 is 0 Å². The molecule has 0 aliphatic rings. The first kappa shape index (κ1) is 15.9. The van der Waals surface area contributed by atoms with Gasteiger partial charge in [-0.05, 0) is 0 Å². The minimum absolute atomic E-state index is 0. The molecule has 0 aromatic rings. The molecule has 0 aromatic carbocycles. The zero-order valence-electron chi connectivity index (χ0n) is 2.21. The van der Waals surface area contributed by atoms with Gasteiger partial charge in [0.25, 0.3) is 0 Å². The van der Waals surface area contributed by atoms with E-state index in [-0.39, 0.29) is 36.8 Å². The van der Waals surface area contributed by atoms with Crippen LogP contribution in [0, 0.1) is 38.5 Å². The van der Waals surface area contributed by atoms with E-state index in [1.807, 2.05) is 0 Å². The van der Waals surface area contributed by atoms with Gasteiger partial charge < -0.3 is 0 Å². The fraction of sp³-hybridized carbons (Fsp3) is 0. The van der Waals surface area contributed by atoms with Crippen LogP contribution in [0.1, 0.15) is 0 Å². The third-order valence-electron chi connectivity index (χ3n) is 0. The average molecular weight is 267 g/mol. The van der Waals surface area contributed by atoms with Crippen LogP contribution in [0.2, 0.25) is 0 Å². The SMILES string of the molecule is [AlH3].[SiH3][Ce].[Zn]. The molecule has 19 valence electrons. The van der Waals surface area contributed by atoms with E-state index in [2.05, 4.69) is 0 Å². The molecule has 0 nitrogen and oxygen atoms in total. The molecule has 4 heavy (non-hydrogen) atoms. The van der Waals surface area contributed by atoms with Crippen LogP contribution in [0.3, 0.4) is 0 Å². The molecule has 0 spiro atoms. The van der Waals surface area contributed by atoms with Crippen LogP contribution in [0.4, 0.5) is 0 Å². The van der Waals surface area contributed by atoms with Crippen molar-refractivity contribution in [3.05, 3.63) is 0 Å². The molecule has 0 bridgehead atoms. The molecule has 0 unspecified atom stereocenters. The van der Waals surface area contributed by atoms with Gasteiger partial charge in [0.2, 0.25) is 0 Å². The van der Waals surface area contributed by atoms with Crippen molar-refractivity contribution in [2.45, 2.75) is 0 Å². The van der Waals surface area contributed by atoms with Crippen molar-refractivity contribution < 1.29 is 58.0 Å². The fourth-order valence-electron chi connectivity index (χ4n) is 0. The predicted octanol–water partition coefficient (Wildman–Crippen LogP) is -2.37. The van der Waals surface area contributed by atoms with E-state index in [4.69, 9.17) is 0 Å². The molecular formula is H6AlCeSiZn. The number of hydrogen-bond donors (Lipinski definition) is 0. The monoisotopic (exact) mass is 265 g/mol. The van der Waals surface area contributed by atoms with Crippen molar-refractivity contribution in [1.29, 1.82) is 0 Å². The normalized spacial score (nSPS) is 1.75. The summed E-state index contributed by atoms with van der Waals surface area (Å²) < 4.78 is 1.44. The summed E-state index contributed by atoms with van der Waals surface area (Å²) in [5.41, 5.74) is 0. The topological polar surface area (TPSA) is 0 Å². The summed E-state index contributed by atoms with van der Waals surface area (Å²) in [6, 6.07) is 0. The Morgan fingerprint density at radius 2 is 1.25 bits per heavy atom. The number of hydrogen-bond acceptors (Lipinski definition) is 0. The maximum atomic E-state index is 1.44. The zero-order valence-corrected chi connectivity index (χ0v) is 10.3. The molecule has 0 aliphatic heterocycles. The van der Waals surface area contributed by atoms with E-state index in [0.717, 1.165) is 0 Å². The van der Waals surface area contributed by atoms with E-state index in [0.29, 0.717) is 0 Å². The minimum Gasteiger partial charge on any atom is 0 e. The minimum atomic E-state index is 0. The van der Waals surface area contributed by atoms with E-state index in [9.17, 15) is 0 Å². The Bertz CT molecular complexity index is 8.00. The quantitative estimate of drug-likeness (QED) is 0.430. The van der Waals surface area contributed by atoms with Crippen LogP contribution < -0.4 is 0 Å². The predicted molar refractivity (Wildman–Crippen MR) is 19.9 cm³/mol. The summed E-state index contributed by atoms with van der Waals surface area (Å²) in [5.74, 6) is 0. The maximum Gasteiger partial charge on any atom is 0 e. The van der Waals surface area contributed by atoms with Gasteiger partial charge in [-0.3, -0.25) is 0 Å². The van der Waals surface area contributed by atoms with Gasteiger partial charge in [0, 0.05) is 19.5 Å². The molecule has 0 heterocycles. The largest absolute Gasteiger partial charge is 0 e. The summed E-state index contributed by atoms with van der Waals surface area (Å²) in [6.45, 7) is 0. The summed E-state index contributed by atoms with van der Waals surface area (Å²) in [5, 5.41) is 0. The smallest absolute Gasteiger partial charge is 0 e. The molecule has 0 radical (unpaired) electrons. The summed E-state index contributed by atoms with van der Waals surface area (Å²) >= 11 is 1.44. The Kier molecular flexibility index (Phi) is 68.1. The van der Waals surface area contributed by atoms with Crippen molar-refractivity contribution in [2.24, 2.45) is 0 Å². The Labute approximate surface area is 78.3 Å². The van der Waals surface area contributed by atoms with E-state index in [1.165, 1.54) is 43.2 Å². The Balaban J connectivity index is -0.00000000500. The van der Waals surface area contributed by atoms with E-state index >= 15 is 0 Å². The van der Waals surface area contributed by atoms with Crippen molar-refractivity contribution in [3.63, 3.8) is 0 Å². The molecule has 0 amide bonds. The van der Waals surface area contributed by atoms with Gasteiger partial charge >= 0.3 is 43.2 Å². The molecule has 0 saturated carbocycles. The van der Waals surface area contributed by atoms with Crippen LogP contribution in [-0.4, -0.2) is 22.0 Å². The Morgan fingerprint density at radius 3 is 1.25 bits per heavy atom. The van der Waals surface area contributed by atoms with E-state index in [1.54, 1.807) is 0 Å². The average Bonchev–Trinajstić information content (AvgIpc) is 1.00. The molecular weight excluding hydrogens is 261 g/mol. The van der Waals surface area contributed by atoms with Crippen LogP contribution in [-0.2, 0) is 19.5 Å². The van der Waals surface area contributed by atoms with Crippen molar-refractivity contribution in [3.8, 4) is 0 Å². The molecule has 0 saturated heterocycles. The van der Waals surface area contributed by atoms with Gasteiger partial charge in [-0.25, -0.2) is 0 Å². The molecule has 0 aliphatic carbocycles. The van der Waals surface area contributed by atoms with Gasteiger partial charge in [0.05, 0.1) is 0 Å². The van der Waals surface area contributed by atoms with E-state index < -0.39 is 0 Å². The second-order valence-electron chi connectivity index (χ2n) is 0. The molecule has 0 atom stereocenters. The van der Waals surface area contributed by atoms with Gasteiger partial charge in [-0.15, -0.1) is 0 Å².